The third-order valence-electron chi connectivity index (χ3n) is 1.08. The van der Waals surface area contributed by atoms with Crippen molar-refractivity contribution in [1.82, 2.24) is 0 Å². The van der Waals surface area contributed by atoms with Crippen LogP contribution in [0.1, 0.15) is 19.3 Å². The zero-order valence-electron chi connectivity index (χ0n) is 10.9. The lowest BCUT2D eigenvalue weighted by atomic mass is 10.1. The summed E-state index contributed by atoms with van der Waals surface area (Å²) in [5.41, 5.74) is 5.85. The van der Waals surface area contributed by atoms with Crippen molar-refractivity contribution in [2.75, 3.05) is 0 Å². The molecule has 0 bridgehead atoms. The van der Waals surface area contributed by atoms with Crippen molar-refractivity contribution >= 4 is 0 Å². The molecule has 0 aliphatic heterocycles. The Labute approximate surface area is 68.9 Å². The van der Waals surface area contributed by atoms with Crippen LogP contribution in [0, 0.1) is 0 Å². The van der Waals surface area contributed by atoms with Crippen molar-refractivity contribution in [3.8, 4) is 0 Å². The van der Waals surface area contributed by atoms with E-state index in [4.69, 9.17) is 12.6 Å². The van der Waals surface area contributed by atoms with Crippen molar-refractivity contribution in [1.29, 1.82) is 0 Å². The molecular weight excluding hydrogens is 122 g/mol. The summed E-state index contributed by atoms with van der Waals surface area (Å²) < 4.78 is 37.5. The van der Waals surface area contributed by atoms with Crippen LogP contribution in [0.5, 0.6) is 0 Å². The van der Waals surface area contributed by atoms with Crippen molar-refractivity contribution in [3.05, 3.63) is 35.8 Å². The third kappa shape index (κ3) is 2.19. The molecule has 0 heterocycles. The Bertz CT molecular complexity index is 360. The van der Waals surface area contributed by atoms with Crippen LogP contribution in [0.25, 0.3) is 0 Å². The summed E-state index contributed by atoms with van der Waals surface area (Å²) in [5, 5.41) is 0. The van der Waals surface area contributed by atoms with E-state index in [-0.39, 0.29) is 48.2 Å². The second-order valence-corrected chi connectivity index (χ2v) is 2.28. The molecule has 2 N–H and O–H groups in total. The second-order valence-electron chi connectivity index (χ2n) is 2.28. The summed E-state index contributed by atoms with van der Waals surface area (Å²) in [7, 11) is 0. The van der Waals surface area contributed by atoms with Crippen molar-refractivity contribution in [2.24, 2.45) is 5.73 Å². The van der Waals surface area contributed by atoms with E-state index in [0.29, 0.717) is 0 Å². The maximum atomic E-state index is 7.60. The van der Waals surface area contributed by atoms with Gasteiger partial charge in [0.05, 0.1) is 6.85 Å². The van der Waals surface area contributed by atoms with E-state index in [0.717, 1.165) is 0 Å². The maximum Gasteiger partial charge on any atom is 0.0626 e. The van der Waals surface area contributed by atoms with Crippen LogP contribution in [0.2, 0.25) is 0 Å². The van der Waals surface area contributed by atoms with Crippen LogP contribution in [-0.4, -0.2) is 6.04 Å². The number of hydrogen-bond donors (Lipinski definition) is 1. The Morgan fingerprint density at radius 3 is 2.60 bits per heavy atom. The molecule has 0 spiro atoms. The lowest BCUT2D eigenvalue weighted by molar-refractivity contribution is 0.738. The fourth-order valence-corrected chi connectivity index (χ4v) is 0.700. The summed E-state index contributed by atoms with van der Waals surface area (Å²) in [4.78, 5) is 0. The Morgan fingerprint density at radius 1 is 1.50 bits per heavy atom. The predicted molar refractivity (Wildman–Crippen MR) is 43.8 cm³/mol. The molecule has 1 heteroatoms. The molecule has 0 saturated heterocycles. The molecule has 0 aromatic heterocycles. The Kier molecular flexibility index (Phi) is 1.03. The van der Waals surface area contributed by atoms with Gasteiger partial charge in [-0.05, 0) is 18.9 Å². The number of nitrogens with two attached hydrogens (primary N) is 1. The van der Waals surface area contributed by atoms with E-state index in [1.165, 1.54) is 0 Å². The first-order valence-corrected chi connectivity index (χ1v) is 3.17. The standard InChI is InChI=1S/C9H13N/c1-8(10)7-9-5-3-2-4-6-9/h2-6,8H,7,10H2,1H3/t8-/m0/s1/i2D,3D,4D,5D,6D. The summed E-state index contributed by atoms with van der Waals surface area (Å²) in [6.45, 7) is 1.74. The van der Waals surface area contributed by atoms with Crippen molar-refractivity contribution < 1.29 is 6.85 Å². The normalized spacial score (nSPS) is 20.0. The highest BCUT2D eigenvalue weighted by Crippen LogP contribution is 2.00. The lowest BCUT2D eigenvalue weighted by Crippen LogP contribution is -2.17. The van der Waals surface area contributed by atoms with Gasteiger partial charge in [-0.15, -0.1) is 0 Å². The van der Waals surface area contributed by atoms with Gasteiger partial charge in [-0.25, -0.2) is 0 Å². The Morgan fingerprint density at radius 2 is 2.10 bits per heavy atom. The van der Waals surface area contributed by atoms with Gasteiger partial charge in [-0.3, -0.25) is 0 Å². The minimum atomic E-state index is -0.363. The average Bonchev–Trinajstić information content (AvgIpc) is 2.18. The monoisotopic (exact) mass is 140 g/mol. The maximum absolute atomic E-state index is 7.60. The van der Waals surface area contributed by atoms with E-state index in [2.05, 4.69) is 0 Å². The highest BCUT2D eigenvalue weighted by Gasteiger charge is 1.94. The van der Waals surface area contributed by atoms with Gasteiger partial charge >= 0.3 is 0 Å². The van der Waals surface area contributed by atoms with Gasteiger partial charge < -0.3 is 5.73 Å². The van der Waals surface area contributed by atoms with E-state index in [9.17, 15) is 0 Å². The van der Waals surface area contributed by atoms with Crippen LogP contribution < -0.4 is 5.73 Å². The Hall–Kier alpha value is -0.820. The SMILES string of the molecule is [2H]c1c([2H])c([2H])c(C[C@H](C)N)c([2H])c1[2H]. The van der Waals surface area contributed by atoms with E-state index < -0.39 is 0 Å². The van der Waals surface area contributed by atoms with Gasteiger partial charge in [0, 0.05) is 6.04 Å². The van der Waals surface area contributed by atoms with Crippen LogP contribution >= 0.6 is 0 Å². The smallest absolute Gasteiger partial charge is 0.0626 e. The number of rotatable bonds is 2. The van der Waals surface area contributed by atoms with Crippen molar-refractivity contribution in [3.63, 3.8) is 0 Å². The zero-order valence-corrected chi connectivity index (χ0v) is 5.86. The predicted octanol–water partition coefficient (Wildman–Crippen LogP) is 1.58. The summed E-state index contributed by atoms with van der Waals surface area (Å²) in [6, 6.07) is -1.50. The van der Waals surface area contributed by atoms with Gasteiger partial charge in [-0.2, -0.15) is 0 Å². The topological polar surface area (TPSA) is 26.0 Å². The first-order chi connectivity index (χ1) is 6.86. The highest BCUT2D eigenvalue weighted by molar-refractivity contribution is 5.15. The quantitative estimate of drug-likeness (QED) is 0.663. The van der Waals surface area contributed by atoms with Gasteiger partial charge in [0.15, 0.2) is 0 Å². The van der Waals surface area contributed by atoms with Crippen LogP contribution in [0.15, 0.2) is 30.2 Å². The summed E-state index contributed by atoms with van der Waals surface area (Å²) in [6.07, 6.45) is 0.287. The third-order valence-corrected chi connectivity index (χ3v) is 1.08. The molecular formula is C9H13N. The average molecular weight is 140 g/mol. The summed E-state index contributed by atoms with van der Waals surface area (Å²) >= 11 is 0. The minimum absolute atomic E-state index is 0.154. The largest absolute Gasteiger partial charge is 0.328 e. The van der Waals surface area contributed by atoms with Crippen LogP contribution in [-0.2, 0) is 6.42 Å². The molecule has 0 aliphatic carbocycles. The first kappa shape index (κ1) is 3.05. The molecule has 54 valence electrons. The molecule has 0 unspecified atom stereocenters. The zero-order chi connectivity index (χ0) is 11.7. The summed E-state index contributed by atoms with van der Waals surface area (Å²) in [5.74, 6) is 0. The molecule has 1 atom stereocenters. The van der Waals surface area contributed by atoms with Gasteiger partial charge in [0.1, 0.15) is 0 Å². The number of benzene rings is 1. The molecule has 1 aromatic rings. The first-order valence-electron chi connectivity index (χ1n) is 5.67. The molecule has 10 heavy (non-hydrogen) atoms. The van der Waals surface area contributed by atoms with E-state index in [1.807, 2.05) is 0 Å². The fraction of sp³-hybridized carbons (Fsp3) is 0.333. The fourth-order valence-electron chi connectivity index (χ4n) is 0.700. The van der Waals surface area contributed by atoms with E-state index >= 15 is 0 Å². The molecule has 0 aliphatic rings. The minimum Gasteiger partial charge on any atom is -0.328 e. The number of hydrogen-bond acceptors (Lipinski definition) is 1. The van der Waals surface area contributed by atoms with Crippen molar-refractivity contribution in [2.45, 2.75) is 19.4 Å². The van der Waals surface area contributed by atoms with E-state index in [1.54, 1.807) is 6.92 Å². The molecule has 1 rings (SSSR count). The highest BCUT2D eigenvalue weighted by atomic mass is 14.6. The van der Waals surface area contributed by atoms with Gasteiger partial charge in [-0.1, -0.05) is 30.2 Å². The Balaban J connectivity index is 3.39. The molecule has 1 aromatic carbocycles. The molecule has 1 nitrogen and oxygen atoms in total. The van der Waals surface area contributed by atoms with Crippen LogP contribution in [0.4, 0.5) is 0 Å². The van der Waals surface area contributed by atoms with Crippen LogP contribution in [0.3, 0.4) is 0 Å². The molecule has 0 saturated carbocycles. The molecule has 0 amide bonds. The van der Waals surface area contributed by atoms with Gasteiger partial charge in [0.2, 0.25) is 0 Å². The molecule has 0 radical (unpaired) electrons. The molecule has 0 fully saturated rings. The lowest BCUT2D eigenvalue weighted by Gasteiger charge is -2.02. The second kappa shape index (κ2) is 3.37. The van der Waals surface area contributed by atoms with Gasteiger partial charge in [0.25, 0.3) is 0 Å².